The van der Waals surface area contributed by atoms with Gasteiger partial charge in [-0.05, 0) is 166 Å². The molecule has 1 aromatic heterocycles. The van der Waals surface area contributed by atoms with Crippen molar-refractivity contribution in [2.75, 3.05) is 0 Å². The summed E-state index contributed by atoms with van der Waals surface area (Å²) in [5, 5.41) is 4.99. The Morgan fingerprint density at radius 3 is 1.12 bits per heavy atom. The lowest BCUT2D eigenvalue weighted by molar-refractivity contribution is 0.767. The predicted molar refractivity (Wildman–Crippen MR) is 369 cm³/mol. The van der Waals surface area contributed by atoms with E-state index in [4.69, 9.17) is 0 Å². The molecular weight excluding hydrogens is 1060 g/mol. The molecule has 1 heterocycles. The molecule has 0 atom stereocenters. The Morgan fingerprint density at radius 1 is 0.261 bits per heavy atom. The Kier molecular flexibility index (Phi) is 12.0. The molecule has 1 nitrogen and oxygen atoms in total. The van der Waals surface area contributed by atoms with Crippen LogP contribution in [0, 0.1) is 6.92 Å². The smallest absolute Gasteiger partial charge is 0.0713 e. The summed E-state index contributed by atoms with van der Waals surface area (Å²) in [4.78, 5) is 0. The number of benzene rings is 14. The van der Waals surface area contributed by atoms with Gasteiger partial charge in [0, 0.05) is 16.2 Å². The minimum atomic E-state index is -0.592. The van der Waals surface area contributed by atoms with E-state index in [-0.39, 0.29) is 0 Å². The fourth-order valence-electron chi connectivity index (χ4n) is 15.2. The minimum absolute atomic E-state index is 0.499. The number of para-hydroxylation sites is 1. The summed E-state index contributed by atoms with van der Waals surface area (Å²) in [7, 11) is 0. The molecular formula is C87H59N. The zero-order chi connectivity index (χ0) is 58.3. The first-order valence-corrected chi connectivity index (χ1v) is 30.7. The van der Waals surface area contributed by atoms with Crippen LogP contribution in [-0.2, 0) is 10.8 Å². The number of rotatable bonds is 10. The molecule has 0 bridgehead atoms. The Morgan fingerprint density at radius 2 is 0.625 bits per heavy atom. The van der Waals surface area contributed by atoms with Crippen molar-refractivity contribution >= 4 is 44.7 Å². The van der Waals surface area contributed by atoms with E-state index in [1.54, 1.807) is 0 Å². The SMILES string of the molecule is Cc1ccc2c(c1)C(c1ccccc1)(c1ccccc1)c1cc(-c3ccc4c(c3)C(c3ccccc3)(c3ccccc3)c3cc(-c5ccc(/C=C/c6ccc(-c7ccc8c(c7)c7ccccc7n8-c7cccc8ccccc78)cc6)cc5)ccc3-4)ccc1-2. The van der Waals surface area contributed by atoms with Crippen LogP contribution in [0.5, 0.6) is 0 Å². The van der Waals surface area contributed by atoms with Gasteiger partial charge in [-0.25, -0.2) is 0 Å². The third-order valence-corrected chi connectivity index (χ3v) is 19.2. The van der Waals surface area contributed by atoms with Gasteiger partial charge < -0.3 is 4.57 Å². The van der Waals surface area contributed by atoms with E-state index in [0.29, 0.717) is 0 Å². The average Bonchev–Trinajstić information content (AvgIpc) is 1.74. The van der Waals surface area contributed by atoms with E-state index in [1.807, 2.05) is 0 Å². The summed E-state index contributed by atoms with van der Waals surface area (Å²) in [6, 6.07) is 122. The van der Waals surface area contributed by atoms with Gasteiger partial charge in [-0.1, -0.05) is 303 Å². The third-order valence-electron chi connectivity index (χ3n) is 19.2. The van der Waals surface area contributed by atoms with Crippen LogP contribution >= 0.6 is 0 Å². The van der Waals surface area contributed by atoms with Crippen molar-refractivity contribution in [3.05, 3.63) is 389 Å². The van der Waals surface area contributed by atoms with Crippen LogP contribution in [0.3, 0.4) is 0 Å². The monoisotopic (exact) mass is 1120 g/mol. The van der Waals surface area contributed by atoms with E-state index in [0.717, 1.165) is 11.1 Å². The maximum atomic E-state index is 2.51. The van der Waals surface area contributed by atoms with Crippen molar-refractivity contribution in [3.63, 3.8) is 0 Å². The van der Waals surface area contributed by atoms with E-state index < -0.39 is 10.8 Å². The van der Waals surface area contributed by atoms with E-state index in [1.165, 1.54) is 144 Å². The Bertz CT molecular complexity index is 5140. The zero-order valence-corrected chi connectivity index (χ0v) is 48.8. The van der Waals surface area contributed by atoms with E-state index in [9.17, 15) is 0 Å². The second kappa shape index (κ2) is 20.6. The molecule has 0 saturated heterocycles. The van der Waals surface area contributed by atoms with Crippen LogP contribution in [0.1, 0.15) is 61.2 Å². The highest BCUT2D eigenvalue weighted by Gasteiger charge is 2.48. The summed E-state index contributed by atoms with van der Waals surface area (Å²) >= 11 is 0. The number of hydrogen-bond acceptors (Lipinski definition) is 0. The fraction of sp³-hybridized carbons (Fsp3) is 0.0345. The van der Waals surface area contributed by atoms with Gasteiger partial charge in [-0.3, -0.25) is 0 Å². The van der Waals surface area contributed by atoms with Crippen LogP contribution in [0.4, 0.5) is 0 Å². The van der Waals surface area contributed by atoms with Crippen molar-refractivity contribution < 1.29 is 0 Å². The van der Waals surface area contributed by atoms with Crippen molar-refractivity contribution in [2.45, 2.75) is 17.8 Å². The van der Waals surface area contributed by atoms with Crippen LogP contribution in [0.15, 0.2) is 328 Å². The van der Waals surface area contributed by atoms with Crippen LogP contribution in [0.25, 0.3) is 106 Å². The molecule has 14 aromatic carbocycles. The molecule has 1 heteroatoms. The number of aromatic nitrogens is 1. The quantitative estimate of drug-likeness (QED) is 0.120. The standard InChI is InChI=1S/C87H59N/c1-58-33-48-73-74-50-45-66(56-81(74)86(79(73)53-58,68-21-6-2-7-22-68)69-23-8-3-9-24-69)67-46-51-76-75-49-44-65(55-80(75)87(82(76)57-67,70-25-10-4-11-26-70)71-27-12-5-13-28-71)62-42-38-60(39-43-62)35-34-59-36-40-61(41-37-59)64-47-52-85-78(54-64)77-30-16-17-31-84(77)88(85)83-32-18-20-63-19-14-15-29-72(63)83/h2-57H,1H3/b35-34+. The predicted octanol–water partition coefficient (Wildman–Crippen LogP) is 22.1. The molecule has 0 N–H and O–H groups in total. The molecule has 0 saturated carbocycles. The molecule has 2 aliphatic carbocycles. The average molecular weight is 1120 g/mol. The minimum Gasteiger partial charge on any atom is -0.309 e. The molecule has 2 aliphatic rings. The van der Waals surface area contributed by atoms with Gasteiger partial charge in [0.25, 0.3) is 0 Å². The molecule has 0 aliphatic heterocycles. The van der Waals surface area contributed by atoms with Gasteiger partial charge >= 0.3 is 0 Å². The van der Waals surface area contributed by atoms with Gasteiger partial charge in [-0.15, -0.1) is 0 Å². The highest BCUT2D eigenvalue weighted by molar-refractivity contribution is 6.12. The second-order valence-corrected chi connectivity index (χ2v) is 24.0. The van der Waals surface area contributed by atoms with Crippen LogP contribution in [0.2, 0.25) is 0 Å². The van der Waals surface area contributed by atoms with Gasteiger partial charge in [0.2, 0.25) is 0 Å². The maximum absolute atomic E-state index is 2.51. The lowest BCUT2D eigenvalue weighted by Crippen LogP contribution is -2.29. The van der Waals surface area contributed by atoms with Crippen molar-refractivity contribution in [3.8, 4) is 61.3 Å². The highest BCUT2D eigenvalue weighted by Crippen LogP contribution is 2.60. The van der Waals surface area contributed by atoms with Crippen molar-refractivity contribution in [2.24, 2.45) is 0 Å². The van der Waals surface area contributed by atoms with Gasteiger partial charge in [0.05, 0.1) is 27.6 Å². The van der Waals surface area contributed by atoms with Gasteiger partial charge in [-0.2, -0.15) is 0 Å². The summed E-state index contributed by atoms with van der Waals surface area (Å²) < 4.78 is 2.43. The number of fused-ring (bicyclic) bond motifs is 10. The largest absolute Gasteiger partial charge is 0.309 e. The zero-order valence-electron chi connectivity index (χ0n) is 48.8. The third kappa shape index (κ3) is 7.94. The lowest BCUT2D eigenvalue weighted by atomic mass is 9.66. The first-order valence-electron chi connectivity index (χ1n) is 30.7. The number of nitrogens with zero attached hydrogens (tertiary/aromatic N) is 1. The normalized spacial score (nSPS) is 13.4. The van der Waals surface area contributed by atoms with Crippen LogP contribution < -0.4 is 0 Å². The van der Waals surface area contributed by atoms with Crippen LogP contribution in [-0.4, -0.2) is 4.57 Å². The molecule has 0 amide bonds. The van der Waals surface area contributed by atoms with Crippen molar-refractivity contribution in [1.29, 1.82) is 0 Å². The molecule has 88 heavy (non-hydrogen) atoms. The fourth-order valence-corrected chi connectivity index (χ4v) is 15.2. The Balaban J connectivity index is 0.706. The van der Waals surface area contributed by atoms with Crippen molar-refractivity contribution in [1.82, 2.24) is 4.57 Å². The first kappa shape index (κ1) is 51.3. The summed E-state index contributed by atoms with van der Waals surface area (Å²) in [6.07, 6.45) is 4.45. The van der Waals surface area contributed by atoms with E-state index >= 15 is 0 Å². The molecule has 0 spiro atoms. The molecule has 0 fully saturated rings. The molecule has 0 radical (unpaired) electrons. The highest BCUT2D eigenvalue weighted by atomic mass is 15.0. The Hall–Kier alpha value is -11.1. The number of aryl methyl sites for hydroxylation is 1. The summed E-state index contributed by atoms with van der Waals surface area (Å²) in [5.41, 5.74) is 28.7. The molecule has 0 unspecified atom stereocenters. The van der Waals surface area contributed by atoms with Gasteiger partial charge in [0.1, 0.15) is 0 Å². The van der Waals surface area contributed by atoms with E-state index in [2.05, 4.69) is 351 Å². The maximum Gasteiger partial charge on any atom is 0.0713 e. The second-order valence-electron chi connectivity index (χ2n) is 24.0. The summed E-state index contributed by atoms with van der Waals surface area (Å²) in [6.45, 7) is 2.22. The molecule has 412 valence electrons. The number of hydrogen-bond donors (Lipinski definition) is 0. The Labute approximate surface area is 514 Å². The first-order chi connectivity index (χ1) is 43.5. The lowest BCUT2D eigenvalue weighted by Gasteiger charge is -2.35. The van der Waals surface area contributed by atoms with Gasteiger partial charge in [0.15, 0.2) is 0 Å². The molecule has 15 aromatic rings. The topological polar surface area (TPSA) is 4.93 Å². The summed E-state index contributed by atoms with van der Waals surface area (Å²) in [5.74, 6) is 0. The molecule has 17 rings (SSSR count).